The third kappa shape index (κ3) is 7.53. The van der Waals surface area contributed by atoms with Gasteiger partial charge in [0.05, 0.1) is 22.9 Å². The van der Waals surface area contributed by atoms with Crippen LogP contribution < -0.4 is 10.9 Å². The van der Waals surface area contributed by atoms with E-state index in [-0.39, 0.29) is 11.8 Å². The summed E-state index contributed by atoms with van der Waals surface area (Å²) in [5.41, 5.74) is 6.28. The molecule has 0 saturated heterocycles. The van der Waals surface area contributed by atoms with Crippen LogP contribution in [0.5, 0.6) is 0 Å². The van der Waals surface area contributed by atoms with E-state index in [1.165, 1.54) is 24.2 Å². The minimum Gasteiger partial charge on any atom is -0.272 e. The zero-order valence-corrected chi connectivity index (χ0v) is 18.1. The van der Waals surface area contributed by atoms with E-state index in [1.54, 1.807) is 38.1 Å². The summed E-state index contributed by atoms with van der Waals surface area (Å²) in [4.78, 5) is 24.3. The van der Waals surface area contributed by atoms with E-state index < -0.39 is 10.5 Å². The van der Waals surface area contributed by atoms with Crippen molar-refractivity contribution in [2.24, 2.45) is 10.2 Å². The molecule has 0 radical (unpaired) electrons. The molecule has 152 valence electrons. The maximum absolute atomic E-state index is 12.2. The second kappa shape index (κ2) is 11.6. The first-order valence-electron chi connectivity index (χ1n) is 8.69. The van der Waals surface area contributed by atoms with Gasteiger partial charge in [0.15, 0.2) is 0 Å². The Balaban J connectivity index is 1.80. The zero-order valence-electron chi connectivity index (χ0n) is 15.8. The van der Waals surface area contributed by atoms with Gasteiger partial charge in [0.1, 0.15) is 0 Å². The van der Waals surface area contributed by atoms with Crippen molar-refractivity contribution in [2.75, 3.05) is 0 Å². The molecule has 6 nitrogen and oxygen atoms in total. The van der Waals surface area contributed by atoms with Gasteiger partial charge < -0.3 is 0 Å². The lowest BCUT2D eigenvalue weighted by Crippen LogP contribution is -2.33. The van der Waals surface area contributed by atoms with Crippen LogP contribution in [0.2, 0.25) is 10.0 Å². The molecule has 2 aromatic rings. The molecule has 2 aromatic carbocycles. The molecule has 0 aliphatic carbocycles. The first-order chi connectivity index (χ1) is 13.9. The number of hydrogen-bond acceptors (Lipinski definition) is 5. The van der Waals surface area contributed by atoms with Crippen LogP contribution in [0.4, 0.5) is 0 Å². The third-order valence-corrected chi connectivity index (χ3v) is 5.65. The number of carbonyl (C=O) groups excluding carboxylic acids is 2. The fourth-order valence-electron chi connectivity index (χ4n) is 2.10. The van der Waals surface area contributed by atoms with Gasteiger partial charge in [0.25, 0.3) is 11.8 Å². The van der Waals surface area contributed by atoms with Crippen LogP contribution in [0.1, 0.15) is 25.0 Å². The molecule has 2 unspecified atom stereocenters. The van der Waals surface area contributed by atoms with Gasteiger partial charge in [-0.25, -0.2) is 10.9 Å². The second-order valence-corrected chi connectivity index (χ2v) is 8.43. The van der Waals surface area contributed by atoms with Crippen LogP contribution >= 0.6 is 35.0 Å². The molecule has 2 N–H and O–H groups in total. The molecule has 0 aliphatic rings. The Morgan fingerprint density at radius 2 is 1.21 bits per heavy atom. The highest BCUT2D eigenvalue weighted by Crippen LogP contribution is 2.18. The average molecular weight is 451 g/mol. The van der Waals surface area contributed by atoms with Crippen LogP contribution in [-0.2, 0) is 9.59 Å². The Morgan fingerprint density at radius 3 is 1.59 bits per heavy atom. The normalized spacial score (nSPS) is 13.4. The second-order valence-electron chi connectivity index (χ2n) is 5.93. The molecular weight excluding hydrogens is 431 g/mol. The van der Waals surface area contributed by atoms with Gasteiger partial charge in [-0.3, -0.25) is 9.59 Å². The molecule has 2 atom stereocenters. The number of halogens is 2. The quantitative estimate of drug-likeness (QED) is 0.468. The van der Waals surface area contributed by atoms with Crippen LogP contribution in [-0.4, -0.2) is 34.7 Å². The van der Waals surface area contributed by atoms with Gasteiger partial charge in [-0.2, -0.15) is 10.2 Å². The van der Waals surface area contributed by atoms with Crippen molar-refractivity contribution in [3.63, 3.8) is 0 Å². The lowest BCUT2D eigenvalue weighted by Gasteiger charge is -2.14. The summed E-state index contributed by atoms with van der Waals surface area (Å²) in [7, 11) is 0. The maximum atomic E-state index is 12.2. The molecule has 0 heterocycles. The maximum Gasteiger partial charge on any atom is 0.252 e. The Hall–Kier alpha value is -2.35. The van der Waals surface area contributed by atoms with Crippen molar-refractivity contribution >= 4 is 59.2 Å². The highest BCUT2D eigenvalue weighted by atomic mass is 35.5. The smallest absolute Gasteiger partial charge is 0.252 e. The lowest BCUT2D eigenvalue weighted by molar-refractivity contribution is -0.120. The van der Waals surface area contributed by atoms with E-state index in [1.807, 2.05) is 24.3 Å². The highest BCUT2D eigenvalue weighted by molar-refractivity contribution is 8.01. The van der Waals surface area contributed by atoms with E-state index in [9.17, 15) is 9.59 Å². The Kier molecular flexibility index (Phi) is 9.18. The largest absolute Gasteiger partial charge is 0.272 e. The van der Waals surface area contributed by atoms with Crippen molar-refractivity contribution in [2.45, 2.75) is 24.3 Å². The van der Waals surface area contributed by atoms with Crippen LogP contribution in [0.15, 0.2) is 58.7 Å². The Labute approximate surface area is 183 Å². The van der Waals surface area contributed by atoms with E-state index >= 15 is 0 Å². The monoisotopic (exact) mass is 450 g/mol. The van der Waals surface area contributed by atoms with Crippen LogP contribution in [0.25, 0.3) is 0 Å². The van der Waals surface area contributed by atoms with Crippen molar-refractivity contribution in [3.05, 3.63) is 69.7 Å². The fourth-order valence-corrected chi connectivity index (χ4v) is 3.44. The van der Waals surface area contributed by atoms with Gasteiger partial charge in [-0.1, -0.05) is 59.6 Å². The van der Waals surface area contributed by atoms with E-state index in [0.717, 1.165) is 0 Å². The van der Waals surface area contributed by atoms with Crippen molar-refractivity contribution in [1.29, 1.82) is 0 Å². The summed E-state index contributed by atoms with van der Waals surface area (Å²) >= 11 is 13.2. The number of amides is 2. The molecule has 0 saturated carbocycles. The summed E-state index contributed by atoms with van der Waals surface area (Å²) < 4.78 is 0. The molecule has 29 heavy (non-hydrogen) atoms. The third-order valence-electron chi connectivity index (χ3n) is 3.71. The van der Waals surface area contributed by atoms with E-state index in [0.29, 0.717) is 21.2 Å². The van der Waals surface area contributed by atoms with Gasteiger partial charge in [0, 0.05) is 21.2 Å². The molecule has 0 aliphatic heterocycles. The highest BCUT2D eigenvalue weighted by Gasteiger charge is 2.21. The Bertz CT molecular complexity index is 847. The lowest BCUT2D eigenvalue weighted by atomic mass is 10.2. The molecule has 2 rings (SSSR count). The summed E-state index contributed by atoms with van der Waals surface area (Å²) in [6.07, 6.45) is 2.94. The van der Waals surface area contributed by atoms with Crippen molar-refractivity contribution in [3.8, 4) is 0 Å². The topological polar surface area (TPSA) is 82.9 Å². The van der Waals surface area contributed by atoms with E-state index in [4.69, 9.17) is 23.2 Å². The molecule has 0 aromatic heterocycles. The number of hydrazone groups is 2. The van der Waals surface area contributed by atoms with Crippen molar-refractivity contribution in [1.82, 2.24) is 10.9 Å². The number of rotatable bonds is 8. The number of benzene rings is 2. The predicted octanol–water partition coefficient (Wildman–Crippen LogP) is 4.10. The molecule has 2 amide bonds. The molecule has 0 bridgehead atoms. The minimum absolute atomic E-state index is 0.322. The van der Waals surface area contributed by atoms with Crippen LogP contribution in [0.3, 0.4) is 0 Å². The number of carbonyl (C=O) groups is 2. The minimum atomic E-state index is -0.494. The Morgan fingerprint density at radius 1 is 0.828 bits per heavy atom. The SMILES string of the molecule is CC(SC(C)C(=O)NN=Cc1ccccc1Cl)C(=O)NN=Cc1ccccc1Cl. The standard InChI is InChI=1S/C20H20Cl2N4O2S/c1-13(19(27)25-23-11-15-7-3-5-9-17(15)21)29-14(2)20(28)26-24-12-16-8-4-6-10-18(16)22/h3-14H,1-2H3,(H,25,27)(H,26,28). The molecular formula is C20H20Cl2N4O2S. The summed E-state index contributed by atoms with van der Waals surface area (Å²) in [6, 6.07) is 14.3. The van der Waals surface area contributed by atoms with Crippen molar-refractivity contribution < 1.29 is 9.59 Å². The van der Waals surface area contributed by atoms with Gasteiger partial charge >= 0.3 is 0 Å². The summed E-state index contributed by atoms with van der Waals surface area (Å²) in [5.74, 6) is -0.643. The fraction of sp³-hybridized carbons (Fsp3) is 0.200. The van der Waals surface area contributed by atoms with Gasteiger partial charge in [-0.05, 0) is 26.0 Å². The summed E-state index contributed by atoms with van der Waals surface area (Å²) in [5, 5.41) is 7.90. The molecule has 0 spiro atoms. The number of thioether (sulfide) groups is 1. The molecule has 0 fully saturated rings. The first kappa shape index (κ1) is 22.9. The first-order valence-corrected chi connectivity index (χ1v) is 10.4. The van der Waals surface area contributed by atoms with E-state index in [2.05, 4.69) is 21.1 Å². The zero-order chi connectivity index (χ0) is 21.2. The number of nitrogens with zero attached hydrogens (tertiary/aromatic N) is 2. The number of nitrogens with one attached hydrogen (secondary N) is 2. The number of hydrogen-bond donors (Lipinski definition) is 2. The predicted molar refractivity (Wildman–Crippen MR) is 121 cm³/mol. The van der Waals surface area contributed by atoms with Gasteiger partial charge in [-0.15, -0.1) is 11.8 Å². The summed E-state index contributed by atoms with van der Waals surface area (Å²) in [6.45, 7) is 3.39. The van der Waals surface area contributed by atoms with Gasteiger partial charge in [0.2, 0.25) is 0 Å². The molecule has 9 heteroatoms. The van der Waals surface area contributed by atoms with Crippen LogP contribution in [0, 0.1) is 0 Å². The average Bonchev–Trinajstić information content (AvgIpc) is 2.70.